The van der Waals surface area contributed by atoms with Crippen LogP contribution in [0.4, 0.5) is 0 Å². The van der Waals surface area contributed by atoms with E-state index in [1.165, 1.54) is 11.8 Å². The Bertz CT molecular complexity index is 525. The van der Waals surface area contributed by atoms with Crippen LogP contribution < -0.4 is 5.32 Å². The molecule has 2 heterocycles. The molecule has 1 saturated heterocycles. The van der Waals surface area contributed by atoms with Gasteiger partial charge >= 0.3 is 0 Å². The summed E-state index contributed by atoms with van der Waals surface area (Å²) in [7, 11) is 0. The average Bonchev–Trinajstić information content (AvgIpc) is 2.68. The summed E-state index contributed by atoms with van der Waals surface area (Å²) in [5.74, 6) is 1.40. The van der Waals surface area contributed by atoms with Crippen LogP contribution in [0, 0.1) is 13.8 Å². The van der Waals surface area contributed by atoms with Crippen LogP contribution >= 0.6 is 11.8 Å². The summed E-state index contributed by atoms with van der Waals surface area (Å²) in [5.41, 5.74) is 1.82. The Hall–Kier alpha value is -1.50. The maximum atomic E-state index is 12.3. The number of carbonyl (C=O) groups excluding carboxylic acids is 2. The van der Waals surface area contributed by atoms with Crippen LogP contribution in [0.5, 0.6) is 0 Å². The number of hydrogen-bond donors (Lipinski definition) is 1. The quantitative estimate of drug-likeness (QED) is 0.891. The number of nitrogens with one attached hydrogen (secondary N) is 1. The molecule has 22 heavy (non-hydrogen) atoms. The number of hydrogen-bond acceptors (Lipinski definition) is 5. The van der Waals surface area contributed by atoms with Crippen molar-refractivity contribution in [2.45, 2.75) is 45.7 Å². The highest BCUT2D eigenvalue weighted by atomic mass is 32.2. The number of aryl methyl sites for hydroxylation is 2. The fourth-order valence-corrected chi connectivity index (χ4v) is 3.01. The summed E-state index contributed by atoms with van der Waals surface area (Å²) in [6, 6.07) is 0.0817. The number of likely N-dealkylation sites (tertiary alicyclic amines) is 1. The van der Waals surface area contributed by atoms with Gasteiger partial charge in [-0.1, -0.05) is 5.16 Å². The number of thioether (sulfide) groups is 1. The van der Waals surface area contributed by atoms with Gasteiger partial charge in [0.1, 0.15) is 5.76 Å². The molecule has 1 fully saturated rings. The zero-order valence-electron chi connectivity index (χ0n) is 13.3. The van der Waals surface area contributed by atoms with Gasteiger partial charge in [0, 0.05) is 24.6 Å². The lowest BCUT2D eigenvalue weighted by Gasteiger charge is -2.21. The molecule has 1 aliphatic rings. The van der Waals surface area contributed by atoms with Gasteiger partial charge in [0.05, 0.1) is 18.0 Å². The molecule has 1 aromatic heterocycles. The van der Waals surface area contributed by atoms with Crippen LogP contribution in [-0.2, 0) is 16.1 Å². The van der Waals surface area contributed by atoms with Crippen molar-refractivity contribution in [1.29, 1.82) is 0 Å². The molecule has 2 amide bonds. The average molecular weight is 325 g/mol. The molecule has 0 bridgehead atoms. The predicted molar refractivity (Wildman–Crippen MR) is 85.6 cm³/mol. The monoisotopic (exact) mass is 325 g/mol. The zero-order valence-corrected chi connectivity index (χ0v) is 14.2. The summed E-state index contributed by atoms with van der Waals surface area (Å²) in [5, 5.41) is 6.95. The molecule has 0 spiro atoms. The second kappa shape index (κ2) is 7.67. The number of nitrogens with zero attached hydrogens (tertiary/aromatic N) is 2. The summed E-state index contributed by atoms with van der Waals surface area (Å²) >= 11 is 1.50. The standard InChI is InChI=1S/C15H23N3O3S/c1-10-13(11(2)21-17-10)8-18-7-6-12(4-5-15(18)20)16-14(19)9-22-3/h12H,4-9H2,1-3H3,(H,16,19). The smallest absolute Gasteiger partial charge is 0.230 e. The van der Waals surface area contributed by atoms with Gasteiger partial charge in [0.2, 0.25) is 11.8 Å². The minimum absolute atomic E-state index is 0.0455. The molecule has 0 aliphatic carbocycles. The molecule has 1 aromatic rings. The van der Waals surface area contributed by atoms with Gasteiger partial charge < -0.3 is 14.7 Å². The van der Waals surface area contributed by atoms with Crippen molar-refractivity contribution in [1.82, 2.24) is 15.4 Å². The Balaban J connectivity index is 1.95. The van der Waals surface area contributed by atoms with E-state index in [0.717, 1.165) is 23.4 Å². The van der Waals surface area contributed by atoms with Crippen LogP contribution in [0.25, 0.3) is 0 Å². The van der Waals surface area contributed by atoms with Crippen molar-refractivity contribution in [3.8, 4) is 0 Å². The summed E-state index contributed by atoms with van der Waals surface area (Å²) in [6.07, 6.45) is 3.86. The number of aromatic nitrogens is 1. The van der Waals surface area contributed by atoms with Gasteiger partial charge in [0.15, 0.2) is 0 Å². The first kappa shape index (κ1) is 16.9. The Labute approximate surface area is 135 Å². The Morgan fingerprint density at radius 1 is 1.45 bits per heavy atom. The van der Waals surface area contributed by atoms with Crippen molar-refractivity contribution in [3.05, 3.63) is 17.0 Å². The van der Waals surface area contributed by atoms with E-state index in [4.69, 9.17) is 4.52 Å². The molecule has 2 rings (SSSR count). The molecular formula is C15H23N3O3S. The van der Waals surface area contributed by atoms with Crippen LogP contribution in [0.15, 0.2) is 4.52 Å². The Morgan fingerprint density at radius 3 is 2.86 bits per heavy atom. The maximum absolute atomic E-state index is 12.3. The largest absolute Gasteiger partial charge is 0.361 e. The van der Waals surface area contributed by atoms with Gasteiger partial charge in [-0.2, -0.15) is 11.8 Å². The molecule has 0 radical (unpaired) electrons. The molecule has 1 aliphatic heterocycles. The topological polar surface area (TPSA) is 75.4 Å². The van der Waals surface area contributed by atoms with E-state index in [-0.39, 0.29) is 17.9 Å². The van der Waals surface area contributed by atoms with Crippen molar-refractivity contribution in [2.24, 2.45) is 0 Å². The van der Waals surface area contributed by atoms with E-state index >= 15 is 0 Å². The van der Waals surface area contributed by atoms with Crippen LogP contribution in [0.2, 0.25) is 0 Å². The molecule has 1 atom stereocenters. The first-order valence-electron chi connectivity index (χ1n) is 7.49. The molecule has 122 valence electrons. The third-order valence-corrected chi connectivity index (χ3v) is 4.53. The van der Waals surface area contributed by atoms with Gasteiger partial charge in [-0.25, -0.2) is 0 Å². The van der Waals surface area contributed by atoms with Crippen LogP contribution in [0.1, 0.15) is 36.3 Å². The maximum Gasteiger partial charge on any atom is 0.230 e. The normalized spacial score (nSPS) is 19.1. The van der Waals surface area contributed by atoms with Crippen molar-refractivity contribution >= 4 is 23.6 Å². The highest BCUT2D eigenvalue weighted by Crippen LogP contribution is 2.19. The summed E-state index contributed by atoms with van der Waals surface area (Å²) in [4.78, 5) is 25.8. The lowest BCUT2D eigenvalue weighted by atomic mass is 10.1. The van der Waals surface area contributed by atoms with Gasteiger partial charge in [0.25, 0.3) is 0 Å². The zero-order chi connectivity index (χ0) is 16.1. The van der Waals surface area contributed by atoms with Crippen molar-refractivity contribution in [3.63, 3.8) is 0 Å². The van der Waals surface area contributed by atoms with E-state index in [9.17, 15) is 9.59 Å². The summed E-state index contributed by atoms with van der Waals surface area (Å²) < 4.78 is 5.16. The predicted octanol–water partition coefficient (Wildman–Crippen LogP) is 1.65. The highest BCUT2D eigenvalue weighted by Gasteiger charge is 2.25. The molecule has 6 nitrogen and oxygen atoms in total. The summed E-state index contributed by atoms with van der Waals surface area (Å²) in [6.45, 7) is 4.93. The second-order valence-electron chi connectivity index (χ2n) is 5.64. The van der Waals surface area contributed by atoms with Crippen molar-refractivity contribution < 1.29 is 14.1 Å². The van der Waals surface area contributed by atoms with Crippen LogP contribution in [0.3, 0.4) is 0 Å². The molecule has 1 N–H and O–H groups in total. The fourth-order valence-electron chi connectivity index (χ4n) is 2.67. The Kier molecular flexibility index (Phi) is 5.88. The molecule has 7 heteroatoms. The van der Waals surface area contributed by atoms with Gasteiger partial charge in [-0.15, -0.1) is 0 Å². The van der Waals surface area contributed by atoms with Crippen molar-refractivity contribution in [2.75, 3.05) is 18.6 Å². The number of rotatable bonds is 5. The van der Waals surface area contributed by atoms with Gasteiger partial charge in [-0.3, -0.25) is 9.59 Å². The molecular weight excluding hydrogens is 302 g/mol. The van der Waals surface area contributed by atoms with Gasteiger partial charge in [-0.05, 0) is 32.9 Å². The fraction of sp³-hybridized carbons (Fsp3) is 0.667. The van der Waals surface area contributed by atoms with E-state index in [1.807, 2.05) is 25.0 Å². The Morgan fingerprint density at radius 2 is 2.23 bits per heavy atom. The molecule has 0 aromatic carbocycles. The van der Waals surface area contributed by atoms with E-state index in [1.54, 1.807) is 0 Å². The van der Waals surface area contributed by atoms with Crippen LogP contribution in [-0.4, -0.2) is 46.5 Å². The second-order valence-corrected chi connectivity index (χ2v) is 6.51. The third-order valence-electron chi connectivity index (χ3n) is 3.98. The molecule has 0 saturated carbocycles. The minimum atomic E-state index is 0.0455. The lowest BCUT2D eigenvalue weighted by molar-refractivity contribution is -0.131. The highest BCUT2D eigenvalue weighted by molar-refractivity contribution is 7.99. The minimum Gasteiger partial charge on any atom is -0.361 e. The SMILES string of the molecule is CSCC(=O)NC1CCC(=O)N(Cc2c(C)noc2C)CC1. The van der Waals surface area contributed by atoms with E-state index < -0.39 is 0 Å². The number of carbonyl (C=O) groups is 2. The number of amides is 2. The first-order valence-corrected chi connectivity index (χ1v) is 8.88. The third kappa shape index (κ3) is 4.25. The first-order chi connectivity index (χ1) is 10.5. The van der Waals surface area contributed by atoms with E-state index in [2.05, 4.69) is 10.5 Å². The lowest BCUT2D eigenvalue weighted by Crippen LogP contribution is -2.36. The van der Waals surface area contributed by atoms with E-state index in [0.29, 0.717) is 31.7 Å². The molecule has 1 unspecified atom stereocenters.